The lowest BCUT2D eigenvalue weighted by atomic mass is 9.97. The van der Waals surface area contributed by atoms with Crippen LogP contribution in [0, 0.1) is 17.5 Å². The molecule has 6 fully saturated rings. The van der Waals surface area contributed by atoms with Crippen LogP contribution in [0.3, 0.4) is 0 Å². The Labute approximate surface area is 340 Å². The van der Waals surface area contributed by atoms with E-state index in [0.29, 0.717) is 18.1 Å². The highest BCUT2D eigenvalue weighted by atomic mass is 35.5. The maximum absolute atomic E-state index is 13.5. The van der Waals surface area contributed by atoms with Gasteiger partial charge in [-0.1, -0.05) is 11.6 Å². The quantitative estimate of drug-likeness (QED) is 0.182. The summed E-state index contributed by atoms with van der Waals surface area (Å²) < 4.78 is 39.3. The second-order valence-electron chi connectivity index (χ2n) is 15.0. The summed E-state index contributed by atoms with van der Waals surface area (Å²) in [6, 6.07) is 3.21. The molecule has 6 atom stereocenters. The molecule has 3 aromatic heterocycles. The molecule has 0 saturated carbocycles. The molecule has 0 spiro atoms. The molecule has 6 aliphatic rings. The Balaban J connectivity index is 0.000000130. The average Bonchev–Trinajstić information content (AvgIpc) is 3.95. The maximum Gasteiger partial charge on any atom is 0.224 e. The third-order valence-corrected chi connectivity index (χ3v) is 12.1. The number of piperidine rings is 3. The zero-order valence-corrected chi connectivity index (χ0v) is 33.7. The molecule has 55 heavy (non-hydrogen) atoms. The van der Waals surface area contributed by atoms with Crippen molar-refractivity contribution in [2.75, 3.05) is 49.9 Å². The SMILES string of the molecule is Fc1cnc(Cl)nc1Cl.Fc1cnc(Cl)nc1N[C@@H]1CCN2CCC[C@H]2C1.Fc1cnc(Cl)nc1N[C@H]1CCN2CCC[C@H]2C1.NC1CCN2CCCC2C1. The van der Waals surface area contributed by atoms with Crippen LogP contribution in [0.5, 0.6) is 0 Å². The average molecular weight is 849 g/mol. The fourth-order valence-corrected chi connectivity index (χ4v) is 9.15. The summed E-state index contributed by atoms with van der Waals surface area (Å²) >= 11 is 21.8. The topological polar surface area (TPSA) is 137 Å². The van der Waals surface area contributed by atoms with E-state index in [-0.39, 0.29) is 44.7 Å². The van der Waals surface area contributed by atoms with Crippen molar-refractivity contribution >= 4 is 58.0 Å². The minimum atomic E-state index is -0.666. The smallest absolute Gasteiger partial charge is 0.224 e. The number of hydrogen-bond donors (Lipinski definition) is 3. The van der Waals surface area contributed by atoms with Crippen LogP contribution in [0.15, 0.2) is 18.6 Å². The number of rotatable bonds is 4. The highest BCUT2D eigenvalue weighted by Gasteiger charge is 2.33. The number of nitrogens with one attached hydrogen (secondary N) is 2. The number of hydrogen-bond acceptors (Lipinski definition) is 12. The molecule has 6 saturated heterocycles. The fraction of sp³-hybridized carbons (Fsp3) is 0.667. The van der Waals surface area contributed by atoms with Crippen LogP contribution in [0.1, 0.15) is 77.0 Å². The van der Waals surface area contributed by atoms with E-state index < -0.39 is 17.5 Å². The molecule has 0 aromatic carbocycles. The van der Waals surface area contributed by atoms with Crippen LogP contribution in [-0.2, 0) is 0 Å². The Bertz CT molecular complexity index is 1620. The van der Waals surface area contributed by atoms with Crippen molar-refractivity contribution in [3.63, 3.8) is 0 Å². The van der Waals surface area contributed by atoms with E-state index in [1.165, 1.54) is 77.5 Å². The molecule has 302 valence electrons. The zero-order chi connectivity index (χ0) is 38.9. The summed E-state index contributed by atoms with van der Waals surface area (Å²) in [6.07, 6.45) is 17.6. The number of nitrogens with two attached hydrogens (primary N) is 1. The highest BCUT2D eigenvalue weighted by Crippen LogP contribution is 2.30. The second kappa shape index (κ2) is 20.4. The molecule has 2 unspecified atom stereocenters. The van der Waals surface area contributed by atoms with E-state index in [0.717, 1.165) is 63.4 Å². The lowest BCUT2D eigenvalue weighted by Crippen LogP contribution is -2.43. The molecular formula is C36H49Cl4F3N12. The molecule has 9 heterocycles. The Hall–Kier alpha value is -2.37. The van der Waals surface area contributed by atoms with Crippen molar-refractivity contribution < 1.29 is 13.2 Å². The van der Waals surface area contributed by atoms with Gasteiger partial charge < -0.3 is 31.1 Å². The van der Waals surface area contributed by atoms with Gasteiger partial charge in [0.05, 0.1) is 18.6 Å². The summed E-state index contributed by atoms with van der Waals surface area (Å²) in [5.74, 6) is -1.08. The Kier molecular flexibility index (Phi) is 15.6. The number of fused-ring (bicyclic) bond motifs is 3. The number of halogens is 7. The Morgan fingerprint density at radius 1 is 0.527 bits per heavy atom. The molecule has 12 nitrogen and oxygen atoms in total. The van der Waals surface area contributed by atoms with E-state index >= 15 is 0 Å². The highest BCUT2D eigenvalue weighted by molar-refractivity contribution is 6.31. The standard InChI is InChI=1S/2C12H16ClFN4.C8H16N2.C4HCl2FN2/c2*13-12-15-7-10(14)11(17-12)16-8-3-5-18-4-1-2-9(18)6-8;9-7-3-5-10-4-1-2-8(10)6-7;5-3-2(7)1-8-4(6)9-3/h2*7-9H,1-6H2,(H,15,16,17);7-8H,1-6,9H2;1H/t8-,9+;8-,9-;;/m10../s1. The molecule has 9 rings (SSSR count). The van der Waals surface area contributed by atoms with Crippen LogP contribution in [0.25, 0.3) is 0 Å². The van der Waals surface area contributed by atoms with Crippen molar-refractivity contribution in [1.29, 1.82) is 0 Å². The normalized spacial score (nSPS) is 27.6. The van der Waals surface area contributed by atoms with Crippen LogP contribution in [0.2, 0.25) is 21.0 Å². The predicted octanol–water partition coefficient (Wildman–Crippen LogP) is 7.11. The summed E-state index contributed by atoms with van der Waals surface area (Å²) in [5.41, 5.74) is 5.86. The van der Waals surface area contributed by atoms with Crippen LogP contribution in [-0.4, -0.2) is 120 Å². The fourth-order valence-electron chi connectivity index (χ4n) is 8.57. The lowest BCUT2D eigenvalue weighted by molar-refractivity contribution is 0.182. The summed E-state index contributed by atoms with van der Waals surface area (Å²) in [7, 11) is 0. The first-order chi connectivity index (χ1) is 26.5. The van der Waals surface area contributed by atoms with Crippen molar-refractivity contribution in [2.24, 2.45) is 5.73 Å². The monoisotopic (exact) mass is 846 g/mol. The van der Waals surface area contributed by atoms with Gasteiger partial charge in [0.2, 0.25) is 15.9 Å². The van der Waals surface area contributed by atoms with Crippen LogP contribution >= 0.6 is 46.4 Å². The summed E-state index contributed by atoms with van der Waals surface area (Å²) in [4.78, 5) is 29.4. The first-order valence-electron chi connectivity index (χ1n) is 19.2. The maximum atomic E-state index is 13.5. The molecule has 6 aliphatic heterocycles. The molecule has 3 aromatic rings. The van der Waals surface area contributed by atoms with Crippen molar-refractivity contribution in [2.45, 2.75) is 113 Å². The molecule has 0 bridgehead atoms. The van der Waals surface area contributed by atoms with Gasteiger partial charge in [-0.3, -0.25) is 0 Å². The number of anilines is 2. The first-order valence-corrected chi connectivity index (χ1v) is 20.7. The largest absolute Gasteiger partial charge is 0.365 e. The van der Waals surface area contributed by atoms with Gasteiger partial charge >= 0.3 is 0 Å². The van der Waals surface area contributed by atoms with Gasteiger partial charge in [-0.25, -0.2) is 33.1 Å². The molecule has 0 radical (unpaired) electrons. The molecule has 4 N–H and O–H groups in total. The predicted molar refractivity (Wildman–Crippen MR) is 210 cm³/mol. The molecular weight excluding hydrogens is 799 g/mol. The van der Waals surface area contributed by atoms with Gasteiger partial charge in [-0.05, 0) is 138 Å². The first kappa shape index (κ1) is 42.2. The van der Waals surface area contributed by atoms with Gasteiger partial charge in [0.15, 0.2) is 34.2 Å². The number of aromatic nitrogens is 6. The summed E-state index contributed by atoms with van der Waals surface area (Å²) in [6.45, 7) is 7.19. The van der Waals surface area contributed by atoms with E-state index in [9.17, 15) is 13.2 Å². The van der Waals surface area contributed by atoms with Gasteiger partial charge in [0.25, 0.3) is 0 Å². The van der Waals surface area contributed by atoms with Gasteiger partial charge in [0.1, 0.15) is 0 Å². The second-order valence-corrected chi connectivity index (χ2v) is 16.3. The molecule has 19 heteroatoms. The lowest BCUT2D eigenvalue weighted by Gasteiger charge is -2.35. The van der Waals surface area contributed by atoms with E-state index in [2.05, 4.69) is 55.2 Å². The minimum absolute atomic E-state index is 0.0543. The van der Waals surface area contributed by atoms with E-state index in [4.69, 9.17) is 52.1 Å². The zero-order valence-electron chi connectivity index (χ0n) is 30.7. The van der Waals surface area contributed by atoms with Gasteiger partial charge in [0, 0.05) is 49.3 Å². The van der Waals surface area contributed by atoms with Crippen molar-refractivity contribution in [3.05, 3.63) is 57.0 Å². The van der Waals surface area contributed by atoms with Crippen LogP contribution in [0.4, 0.5) is 24.8 Å². The summed E-state index contributed by atoms with van der Waals surface area (Å²) in [5, 5.41) is 6.18. The van der Waals surface area contributed by atoms with Crippen LogP contribution < -0.4 is 16.4 Å². The van der Waals surface area contributed by atoms with E-state index in [1.54, 1.807) is 0 Å². The third-order valence-electron chi connectivity index (χ3n) is 11.3. The van der Waals surface area contributed by atoms with Crippen molar-refractivity contribution in [1.82, 2.24) is 44.6 Å². The Morgan fingerprint density at radius 3 is 1.36 bits per heavy atom. The molecule has 0 amide bonds. The van der Waals surface area contributed by atoms with Gasteiger partial charge in [-0.2, -0.15) is 9.97 Å². The minimum Gasteiger partial charge on any atom is -0.365 e. The molecule has 0 aliphatic carbocycles. The van der Waals surface area contributed by atoms with E-state index in [1.807, 2.05) is 0 Å². The number of nitrogens with zero attached hydrogens (tertiary/aromatic N) is 9. The van der Waals surface area contributed by atoms with Gasteiger partial charge in [-0.15, -0.1) is 0 Å². The third kappa shape index (κ3) is 12.3. The Morgan fingerprint density at radius 2 is 0.927 bits per heavy atom. The van der Waals surface area contributed by atoms with Crippen molar-refractivity contribution in [3.8, 4) is 0 Å².